The molecule has 17 heavy (non-hydrogen) atoms. The molecule has 1 atom stereocenters. The minimum Gasteiger partial charge on any atom is -0.396 e. The minimum atomic E-state index is 0.0409. The lowest BCUT2D eigenvalue weighted by Crippen LogP contribution is -2.23. The van der Waals surface area contributed by atoms with Crippen LogP contribution < -0.4 is 5.32 Å². The van der Waals surface area contributed by atoms with E-state index in [-0.39, 0.29) is 12.0 Å². The molecule has 0 amide bonds. The van der Waals surface area contributed by atoms with Crippen LogP contribution in [-0.2, 0) is 7.05 Å². The van der Waals surface area contributed by atoms with Crippen LogP contribution >= 0.6 is 0 Å². The van der Waals surface area contributed by atoms with E-state index in [2.05, 4.69) is 31.2 Å². The van der Waals surface area contributed by atoms with Gasteiger partial charge in [0.2, 0.25) is 0 Å². The molecule has 0 aliphatic rings. The lowest BCUT2D eigenvalue weighted by atomic mass is 9.89. The molecule has 1 rings (SSSR count). The standard InChI is InChI=1S/C13H25N3O/c1-11(12-8-15-16(4)9-12)14-7-5-6-13(2,3)10-17/h8-9,11,14,17H,5-7,10H2,1-4H3. The molecule has 1 aromatic rings. The maximum atomic E-state index is 9.15. The average molecular weight is 239 g/mol. The van der Waals surface area contributed by atoms with Crippen LogP contribution in [0.25, 0.3) is 0 Å². The molecular weight excluding hydrogens is 214 g/mol. The van der Waals surface area contributed by atoms with Gasteiger partial charge in [-0.3, -0.25) is 4.68 Å². The van der Waals surface area contributed by atoms with E-state index in [0.29, 0.717) is 6.04 Å². The van der Waals surface area contributed by atoms with Crippen LogP contribution in [0.4, 0.5) is 0 Å². The zero-order valence-corrected chi connectivity index (χ0v) is 11.4. The van der Waals surface area contributed by atoms with E-state index in [1.165, 1.54) is 5.56 Å². The van der Waals surface area contributed by atoms with Crippen LogP contribution in [0.3, 0.4) is 0 Å². The summed E-state index contributed by atoms with van der Waals surface area (Å²) in [5, 5.41) is 16.8. The summed E-state index contributed by atoms with van der Waals surface area (Å²) in [5.74, 6) is 0. The topological polar surface area (TPSA) is 50.1 Å². The summed E-state index contributed by atoms with van der Waals surface area (Å²) in [6.07, 6.45) is 6.05. The Morgan fingerprint density at radius 1 is 1.53 bits per heavy atom. The Bertz CT molecular complexity index is 333. The number of nitrogens with one attached hydrogen (secondary N) is 1. The molecule has 0 bridgehead atoms. The molecule has 0 aromatic carbocycles. The second-order valence-electron chi connectivity index (χ2n) is 5.55. The number of rotatable bonds is 7. The molecule has 0 aliphatic heterocycles. The number of hydrogen-bond donors (Lipinski definition) is 2. The number of hydrogen-bond acceptors (Lipinski definition) is 3. The van der Waals surface area contributed by atoms with Crippen molar-refractivity contribution in [2.45, 2.75) is 39.7 Å². The Kier molecular flexibility index (Phi) is 5.15. The monoisotopic (exact) mass is 239 g/mol. The van der Waals surface area contributed by atoms with Crippen LogP contribution in [0.1, 0.15) is 45.2 Å². The maximum absolute atomic E-state index is 9.15. The van der Waals surface area contributed by atoms with E-state index in [1.54, 1.807) is 0 Å². The molecule has 1 aromatic heterocycles. The molecule has 98 valence electrons. The third-order valence-electron chi connectivity index (χ3n) is 3.13. The van der Waals surface area contributed by atoms with Crippen molar-refractivity contribution in [2.75, 3.05) is 13.2 Å². The Balaban J connectivity index is 2.23. The Hall–Kier alpha value is -0.870. The SMILES string of the molecule is CC(NCCCC(C)(C)CO)c1cnn(C)c1. The molecule has 0 spiro atoms. The number of aliphatic hydroxyl groups excluding tert-OH is 1. The van der Waals surface area contributed by atoms with Gasteiger partial charge in [0.15, 0.2) is 0 Å². The predicted octanol–water partition coefficient (Wildman–Crippen LogP) is 1.87. The van der Waals surface area contributed by atoms with E-state index >= 15 is 0 Å². The maximum Gasteiger partial charge on any atom is 0.0537 e. The van der Waals surface area contributed by atoms with Gasteiger partial charge in [0.25, 0.3) is 0 Å². The number of aromatic nitrogens is 2. The highest BCUT2D eigenvalue weighted by molar-refractivity contribution is 5.08. The number of aryl methyl sites for hydroxylation is 1. The zero-order chi connectivity index (χ0) is 12.9. The first-order chi connectivity index (χ1) is 7.94. The zero-order valence-electron chi connectivity index (χ0n) is 11.4. The summed E-state index contributed by atoms with van der Waals surface area (Å²) in [4.78, 5) is 0. The number of nitrogens with zero attached hydrogens (tertiary/aromatic N) is 2. The molecule has 4 heteroatoms. The molecule has 0 saturated carbocycles. The van der Waals surface area contributed by atoms with Crippen molar-refractivity contribution < 1.29 is 5.11 Å². The minimum absolute atomic E-state index is 0.0409. The predicted molar refractivity (Wildman–Crippen MR) is 69.7 cm³/mol. The van der Waals surface area contributed by atoms with Gasteiger partial charge in [0, 0.05) is 31.5 Å². The van der Waals surface area contributed by atoms with Crippen molar-refractivity contribution in [3.63, 3.8) is 0 Å². The lowest BCUT2D eigenvalue weighted by Gasteiger charge is -2.21. The van der Waals surface area contributed by atoms with Crippen molar-refractivity contribution in [2.24, 2.45) is 12.5 Å². The highest BCUT2D eigenvalue weighted by atomic mass is 16.3. The van der Waals surface area contributed by atoms with Crippen LogP contribution in [0.2, 0.25) is 0 Å². The third kappa shape index (κ3) is 4.88. The van der Waals surface area contributed by atoms with E-state index in [9.17, 15) is 0 Å². The highest BCUT2D eigenvalue weighted by Crippen LogP contribution is 2.20. The van der Waals surface area contributed by atoms with E-state index in [1.807, 2.05) is 24.1 Å². The quantitative estimate of drug-likeness (QED) is 0.714. The van der Waals surface area contributed by atoms with Crippen LogP contribution in [-0.4, -0.2) is 28.0 Å². The second kappa shape index (κ2) is 6.17. The van der Waals surface area contributed by atoms with Gasteiger partial charge in [-0.1, -0.05) is 13.8 Å². The van der Waals surface area contributed by atoms with Crippen molar-refractivity contribution in [1.82, 2.24) is 15.1 Å². The second-order valence-corrected chi connectivity index (χ2v) is 5.55. The molecule has 4 nitrogen and oxygen atoms in total. The highest BCUT2D eigenvalue weighted by Gasteiger charge is 2.15. The first-order valence-electron chi connectivity index (χ1n) is 6.27. The largest absolute Gasteiger partial charge is 0.396 e. The summed E-state index contributed by atoms with van der Waals surface area (Å²) in [6, 6.07) is 0.334. The van der Waals surface area contributed by atoms with Crippen molar-refractivity contribution in [3.05, 3.63) is 18.0 Å². The summed E-state index contributed by atoms with van der Waals surface area (Å²) in [7, 11) is 1.93. The fourth-order valence-electron chi connectivity index (χ4n) is 1.75. The van der Waals surface area contributed by atoms with Crippen LogP contribution in [0.15, 0.2) is 12.4 Å². The van der Waals surface area contributed by atoms with Gasteiger partial charge in [-0.05, 0) is 31.7 Å². The van der Waals surface area contributed by atoms with E-state index in [4.69, 9.17) is 5.11 Å². The summed E-state index contributed by atoms with van der Waals surface area (Å²) >= 11 is 0. The lowest BCUT2D eigenvalue weighted by molar-refractivity contribution is 0.147. The molecule has 0 fully saturated rings. The Morgan fingerprint density at radius 3 is 2.76 bits per heavy atom. The smallest absolute Gasteiger partial charge is 0.0537 e. The normalized spacial score (nSPS) is 13.9. The van der Waals surface area contributed by atoms with Gasteiger partial charge in [-0.25, -0.2) is 0 Å². The molecule has 0 radical (unpaired) electrons. The van der Waals surface area contributed by atoms with E-state index < -0.39 is 0 Å². The van der Waals surface area contributed by atoms with Gasteiger partial charge < -0.3 is 10.4 Å². The molecule has 0 saturated heterocycles. The molecule has 1 unspecified atom stereocenters. The molecule has 0 aliphatic carbocycles. The van der Waals surface area contributed by atoms with Gasteiger partial charge in [0.1, 0.15) is 0 Å². The summed E-state index contributed by atoms with van der Waals surface area (Å²) in [6.45, 7) is 7.56. The van der Waals surface area contributed by atoms with Gasteiger partial charge in [0.05, 0.1) is 6.20 Å². The Labute approximate surface area is 104 Å². The van der Waals surface area contributed by atoms with Crippen LogP contribution in [0.5, 0.6) is 0 Å². The number of aliphatic hydroxyl groups is 1. The molecule has 2 N–H and O–H groups in total. The third-order valence-corrected chi connectivity index (χ3v) is 3.13. The van der Waals surface area contributed by atoms with Gasteiger partial charge in [-0.2, -0.15) is 5.10 Å². The fourth-order valence-corrected chi connectivity index (χ4v) is 1.75. The average Bonchev–Trinajstić information content (AvgIpc) is 2.71. The van der Waals surface area contributed by atoms with E-state index in [0.717, 1.165) is 19.4 Å². The summed E-state index contributed by atoms with van der Waals surface area (Å²) < 4.78 is 1.82. The first-order valence-corrected chi connectivity index (χ1v) is 6.27. The Morgan fingerprint density at radius 2 is 2.24 bits per heavy atom. The van der Waals surface area contributed by atoms with Gasteiger partial charge in [-0.15, -0.1) is 0 Å². The van der Waals surface area contributed by atoms with Crippen molar-refractivity contribution in [1.29, 1.82) is 0 Å². The van der Waals surface area contributed by atoms with Gasteiger partial charge >= 0.3 is 0 Å². The molecule has 1 heterocycles. The molecular formula is C13H25N3O. The first kappa shape index (κ1) is 14.2. The van der Waals surface area contributed by atoms with Crippen molar-refractivity contribution in [3.8, 4) is 0 Å². The summed E-state index contributed by atoms with van der Waals surface area (Å²) in [5.41, 5.74) is 1.26. The fraction of sp³-hybridized carbons (Fsp3) is 0.769. The van der Waals surface area contributed by atoms with Crippen molar-refractivity contribution >= 4 is 0 Å². The van der Waals surface area contributed by atoms with Crippen LogP contribution in [0, 0.1) is 5.41 Å².